The first-order valence-corrected chi connectivity index (χ1v) is 8.42. The minimum atomic E-state index is -0.308. The lowest BCUT2D eigenvalue weighted by Crippen LogP contribution is -1.92. The minimum absolute atomic E-state index is 0.0139. The molecule has 28 heavy (non-hydrogen) atoms. The molecule has 0 unspecified atom stereocenters. The molecule has 3 rings (SSSR count). The van der Waals surface area contributed by atoms with E-state index in [2.05, 4.69) is 0 Å². The Morgan fingerprint density at radius 1 is 0.750 bits per heavy atom. The summed E-state index contributed by atoms with van der Waals surface area (Å²) in [4.78, 5) is 22.4. The first-order chi connectivity index (χ1) is 13.3. The van der Waals surface area contributed by atoms with Crippen LogP contribution >= 0.6 is 0 Å². The highest BCUT2D eigenvalue weighted by atomic mass is 19.1. The molecule has 0 saturated carbocycles. The van der Waals surface area contributed by atoms with Crippen LogP contribution in [0.3, 0.4) is 0 Å². The lowest BCUT2D eigenvalue weighted by atomic mass is 10.1. The van der Waals surface area contributed by atoms with Gasteiger partial charge >= 0.3 is 0 Å². The molecule has 0 aliphatic rings. The van der Waals surface area contributed by atoms with Crippen molar-refractivity contribution in [2.75, 3.05) is 0 Å². The van der Waals surface area contributed by atoms with E-state index in [9.17, 15) is 14.0 Å². The van der Waals surface area contributed by atoms with Crippen molar-refractivity contribution in [3.8, 4) is 11.5 Å². The number of phenols is 2. The van der Waals surface area contributed by atoms with E-state index in [1.807, 2.05) is 0 Å². The summed E-state index contributed by atoms with van der Waals surface area (Å²) in [5.41, 5.74) is 1.87. The summed E-state index contributed by atoms with van der Waals surface area (Å²) >= 11 is 0. The molecule has 0 aliphatic heterocycles. The molecule has 2 N–H and O–H groups in total. The van der Waals surface area contributed by atoms with Crippen LogP contribution in [-0.4, -0.2) is 21.8 Å². The summed E-state index contributed by atoms with van der Waals surface area (Å²) in [6, 6.07) is 18.1. The van der Waals surface area contributed by atoms with E-state index in [0.29, 0.717) is 11.1 Å². The zero-order valence-electron chi connectivity index (χ0n) is 15.2. The Hall–Kier alpha value is -3.73. The van der Waals surface area contributed by atoms with Crippen LogP contribution in [0.4, 0.5) is 4.39 Å². The molecule has 5 heteroatoms. The number of hydrogen-bond acceptors (Lipinski definition) is 4. The number of allylic oxidation sites excluding steroid dienone is 1. The van der Waals surface area contributed by atoms with Crippen LogP contribution in [0, 0.1) is 5.82 Å². The van der Waals surface area contributed by atoms with Gasteiger partial charge in [0.2, 0.25) is 0 Å². The van der Waals surface area contributed by atoms with Gasteiger partial charge in [0.1, 0.15) is 17.3 Å². The maximum Gasteiger partial charge on any atom is 0.185 e. The number of ketones is 2. The Labute approximate surface area is 162 Å². The maximum absolute atomic E-state index is 12.7. The van der Waals surface area contributed by atoms with Gasteiger partial charge in [0.05, 0.1) is 0 Å². The van der Waals surface area contributed by atoms with Gasteiger partial charge in [-0.05, 0) is 79.2 Å². The van der Waals surface area contributed by atoms with Crippen molar-refractivity contribution >= 4 is 17.6 Å². The molecule has 3 aromatic carbocycles. The fourth-order valence-corrected chi connectivity index (χ4v) is 2.16. The van der Waals surface area contributed by atoms with E-state index in [4.69, 9.17) is 10.2 Å². The Balaban J connectivity index is 0.000000237. The predicted octanol–water partition coefficient (Wildman–Crippen LogP) is 5.02. The van der Waals surface area contributed by atoms with Crippen molar-refractivity contribution in [1.82, 2.24) is 0 Å². The summed E-state index contributed by atoms with van der Waals surface area (Å²) in [6.07, 6.45) is 3.04. The molecule has 0 heterocycles. The smallest absolute Gasteiger partial charge is 0.185 e. The number of carbonyl (C=O) groups is 2. The molecule has 142 valence electrons. The van der Waals surface area contributed by atoms with Gasteiger partial charge in [-0.25, -0.2) is 4.39 Å². The number of hydrogen-bond donors (Lipinski definition) is 2. The second-order valence-electron chi connectivity index (χ2n) is 5.90. The average molecular weight is 378 g/mol. The molecular formula is C23H19FO4. The number of Topliss-reactive ketones (excluding diaryl/α,β-unsaturated/α-hetero) is 1. The van der Waals surface area contributed by atoms with Gasteiger partial charge in [-0.1, -0.05) is 18.2 Å². The molecule has 0 atom stereocenters. The van der Waals surface area contributed by atoms with Crippen LogP contribution < -0.4 is 0 Å². The number of rotatable bonds is 4. The third-order valence-corrected chi connectivity index (χ3v) is 3.72. The van der Waals surface area contributed by atoms with Crippen LogP contribution in [0.25, 0.3) is 6.08 Å². The third-order valence-electron chi connectivity index (χ3n) is 3.72. The molecule has 0 aliphatic carbocycles. The predicted molar refractivity (Wildman–Crippen MR) is 106 cm³/mol. The number of phenolic OH excluding ortho intramolecular Hbond substituents is 2. The van der Waals surface area contributed by atoms with Crippen LogP contribution in [0.5, 0.6) is 11.5 Å². The summed E-state index contributed by atoms with van der Waals surface area (Å²) in [5, 5.41) is 17.9. The quantitative estimate of drug-likeness (QED) is 0.494. The summed E-state index contributed by atoms with van der Waals surface area (Å²) in [6.45, 7) is 1.49. The molecule has 3 aromatic rings. The molecule has 0 radical (unpaired) electrons. The molecule has 0 fully saturated rings. The standard InChI is InChI=1S/C15H11FO2.C8H8O2/c16-13-6-1-11(2-7-13)3-10-15(18)12-4-8-14(17)9-5-12;1-6(9)7-2-4-8(10)5-3-7/h1-10,17H;2-5,10H,1H3. The van der Waals surface area contributed by atoms with E-state index in [-0.39, 0.29) is 28.9 Å². The third kappa shape index (κ3) is 6.53. The van der Waals surface area contributed by atoms with Gasteiger partial charge in [0.15, 0.2) is 11.6 Å². The van der Waals surface area contributed by atoms with Gasteiger partial charge in [-0.3, -0.25) is 9.59 Å². The minimum Gasteiger partial charge on any atom is -0.508 e. The van der Waals surface area contributed by atoms with E-state index < -0.39 is 0 Å². The summed E-state index contributed by atoms with van der Waals surface area (Å²) in [7, 11) is 0. The summed E-state index contributed by atoms with van der Waals surface area (Å²) < 4.78 is 12.7. The first kappa shape index (κ1) is 20.6. The van der Waals surface area contributed by atoms with Crippen molar-refractivity contribution in [2.45, 2.75) is 6.92 Å². The zero-order valence-corrected chi connectivity index (χ0v) is 15.2. The number of carbonyl (C=O) groups excluding carboxylic acids is 2. The lowest BCUT2D eigenvalue weighted by molar-refractivity contribution is 0.101. The van der Waals surface area contributed by atoms with Gasteiger partial charge in [-0.2, -0.15) is 0 Å². The lowest BCUT2D eigenvalue weighted by Gasteiger charge is -1.96. The SMILES string of the molecule is CC(=O)c1ccc(O)cc1.O=C(C=Cc1ccc(F)cc1)c1ccc(O)cc1. The van der Waals surface area contributed by atoms with E-state index in [1.54, 1.807) is 42.5 Å². The van der Waals surface area contributed by atoms with Gasteiger partial charge in [0, 0.05) is 11.1 Å². The van der Waals surface area contributed by atoms with Crippen LogP contribution in [0.2, 0.25) is 0 Å². The normalized spacial score (nSPS) is 10.2. The van der Waals surface area contributed by atoms with Crippen molar-refractivity contribution in [3.63, 3.8) is 0 Å². The van der Waals surface area contributed by atoms with Gasteiger partial charge in [-0.15, -0.1) is 0 Å². The molecule has 0 aromatic heterocycles. The number of halogens is 1. The topological polar surface area (TPSA) is 74.6 Å². The molecule has 0 bridgehead atoms. The highest BCUT2D eigenvalue weighted by Gasteiger charge is 2.01. The Bertz CT molecular complexity index is 957. The van der Waals surface area contributed by atoms with Crippen LogP contribution in [0.1, 0.15) is 33.2 Å². The average Bonchev–Trinajstić information content (AvgIpc) is 2.69. The number of benzene rings is 3. The van der Waals surface area contributed by atoms with Crippen LogP contribution in [0.15, 0.2) is 78.9 Å². The van der Waals surface area contributed by atoms with Crippen molar-refractivity contribution < 1.29 is 24.2 Å². The molecule has 0 amide bonds. The van der Waals surface area contributed by atoms with E-state index in [1.165, 1.54) is 49.4 Å². The van der Waals surface area contributed by atoms with Crippen molar-refractivity contribution in [1.29, 1.82) is 0 Å². The van der Waals surface area contributed by atoms with Crippen molar-refractivity contribution in [2.24, 2.45) is 0 Å². The molecule has 0 spiro atoms. The largest absolute Gasteiger partial charge is 0.508 e. The Morgan fingerprint density at radius 3 is 1.68 bits per heavy atom. The fraction of sp³-hybridized carbons (Fsp3) is 0.0435. The molecular weight excluding hydrogens is 359 g/mol. The van der Waals surface area contributed by atoms with Crippen molar-refractivity contribution in [3.05, 3.63) is 101 Å². The fourth-order valence-electron chi connectivity index (χ4n) is 2.16. The summed E-state index contributed by atoms with van der Waals surface area (Å²) in [5.74, 6) is -0.157. The molecule has 4 nitrogen and oxygen atoms in total. The van der Waals surface area contributed by atoms with E-state index in [0.717, 1.165) is 5.56 Å². The number of aromatic hydroxyl groups is 2. The van der Waals surface area contributed by atoms with E-state index >= 15 is 0 Å². The van der Waals surface area contributed by atoms with Gasteiger partial charge < -0.3 is 10.2 Å². The Kier molecular flexibility index (Phi) is 7.22. The first-order valence-electron chi connectivity index (χ1n) is 8.42. The monoisotopic (exact) mass is 378 g/mol. The van der Waals surface area contributed by atoms with Gasteiger partial charge in [0.25, 0.3) is 0 Å². The zero-order chi connectivity index (χ0) is 20.5. The highest BCUT2D eigenvalue weighted by molar-refractivity contribution is 6.06. The molecule has 0 saturated heterocycles. The second kappa shape index (κ2) is 9.83. The highest BCUT2D eigenvalue weighted by Crippen LogP contribution is 2.12. The van der Waals surface area contributed by atoms with Crippen LogP contribution in [-0.2, 0) is 0 Å². The maximum atomic E-state index is 12.7. The second-order valence-corrected chi connectivity index (χ2v) is 5.90. The Morgan fingerprint density at radius 2 is 1.21 bits per heavy atom.